The Kier molecular flexibility index (Phi) is 2.63. The minimum absolute atomic E-state index is 0.0482. The molecule has 19 heavy (non-hydrogen) atoms. The van der Waals surface area contributed by atoms with Crippen LogP contribution in [0, 0.1) is 17.5 Å². The highest BCUT2D eigenvalue weighted by Crippen LogP contribution is 2.28. The average Bonchev–Trinajstić information content (AvgIpc) is 2.82. The lowest BCUT2D eigenvalue weighted by molar-refractivity contribution is 0.447. The summed E-state index contributed by atoms with van der Waals surface area (Å²) in [6, 6.07) is 1.67. The zero-order valence-electron chi connectivity index (χ0n) is 9.09. The van der Waals surface area contributed by atoms with Gasteiger partial charge in [0, 0.05) is 5.56 Å². The Morgan fingerprint density at radius 1 is 1.05 bits per heavy atom. The second-order valence-electron chi connectivity index (χ2n) is 3.73. The Balaban J connectivity index is 2.32. The fraction of sp³-hybridized carbons (Fsp3) is 0. The normalized spacial score (nSPS) is 11.2. The summed E-state index contributed by atoms with van der Waals surface area (Å²) in [5, 5.41) is 6.62. The molecule has 0 saturated heterocycles. The summed E-state index contributed by atoms with van der Waals surface area (Å²) in [7, 11) is 0. The number of hydrogen-bond acceptors (Lipinski definition) is 3. The van der Waals surface area contributed by atoms with Crippen LogP contribution in [0.1, 0.15) is 0 Å². The maximum atomic E-state index is 13.2. The number of fused-ring (bicyclic) bond motifs is 1. The molecule has 0 unspecified atom stereocenters. The number of rotatable bonds is 1. The highest BCUT2D eigenvalue weighted by molar-refractivity contribution is 6.28. The van der Waals surface area contributed by atoms with Gasteiger partial charge in [-0.05, 0) is 23.7 Å². The topological polar surface area (TPSA) is 54.5 Å². The van der Waals surface area contributed by atoms with Gasteiger partial charge in [0.15, 0.2) is 23.1 Å². The molecule has 0 bridgehead atoms. The van der Waals surface area contributed by atoms with Crippen molar-refractivity contribution in [2.45, 2.75) is 0 Å². The van der Waals surface area contributed by atoms with Gasteiger partial charge >= 0.3 is 0 Å². The number of nitrogens with zero attached hydrogens (tertiary/aromatic N) is 3. The number of aromatic nitrogens is 4. The van der Waals surface area contributed by atoms with Crippen molar-refractivity contribution < 1.29 is 13.2 Å². The number of nitrogens with one attached hydrogen (secondary N) is 1. The third-order valence-corrected chi connectivity index (χ3v) is 2.71. The largest absolute Gasteiger partial charge is 0.261 e. The van der Waals surface area contributed by atoms with Crippen molar-refractivity contribution in [2.75, 3.05) is 0 Å². The summed E-state index contributed by atoms with van der Waals surface area (Å²) in [6.07, 6.45) is 1.39. The van der Waals surface area contributed by atoms with Crippen LogP contribution in [0.2, 0.25) is 5.28 Å². The highest BCUT2D eigenvalue weighted by Gasteiger charge is 2.16. The molecule has 0 atom stereocenters. The van der Waals surface area contributed by atoms with E-state index in [0.717, 1.165) is 12.1 Å². The van der Waals surface area contributed by atoms with E-state index in [4.69, 9.17) is 11.6 Å². The fourth-order valence-corrected chi connectivity index (χ4v) is 1.89. The molecule has 0 aliphatic rings. The first-order chi connectivity index (χ1) is 9.06. The molecular weight excluding hydrogens is 281 g/mol. The summed E-state index contributed by atoms with van der Waals surface area (Å²) in [5.41, 5.74) is 0.536. The molecule has 3 aromatic rings. The minimum Gasteiger partial charge on any atom is -0.261 e. The van der Waals surface area contributed by atoms with Gasteiger partial charge in [-0.1, -0.05) is 0 Å². The number of halogens is 4. The van der Waals surface area contributed by atoms with Gasteiger partial charge in [0.1, 0.15) is 0 Å². The third-order valence-electron chi connectivity index (χ3n) is 2.54. The number of aromatic amines is 1. The van der Waals surface area contributed by atoms with Gasteiger partial charge in [0.05, 0.1) is 17.3 Å². The smallest absolute Gasteiger partial charge is 0.224 e. The van der Waals surface area contributed by atoms with E-state index in [1.807, 2.05) is 0 Å². The molecule has 2 heterocycles. The Morgan fingerprint density at radius 2 is 1.74 bits per heavy atom. The average molecular weight is 285 g/mol. The van der Waals surface area contributed by atoms with Crippen molar-refractivity contribution in [3.05, 3.63) is 41.1 Å². The summed E-state index contributed by atoms with van der Waals surface area (Å²) < 4.78 is 39.4. The Bertz CT molecular complexity index is 764. The second-order valence-corrected chi connectivity index (χ2v) is 4.07. The third kappa shape index (κ3) is 1.91. The molecule has 8 heteroatoms. The van der Waals surface area contributed by atoms with Crippen molar-refractivity contribution in [3.8, 4) is 11.3 Å². The SMILES string of the molecule is Fc1cc(-c2nc(Cl)nc3[nH]ncc23)cc(F)c1F. The molecule has 0 aliphatic heterocycles. The number of H-pyrrole nitrogens is 1. The molecule has 0 radical (unpaired) electrons. The van der Waals surface area contributed by atoms with Crippen molar-refractivity contribution in [3.63, 3.8) is 0 Å². The molecule has 4 nitrogen and oxygen atoms in total. The Morgan fingerprint density at radius 3 is 2.42 bits per heavy atom. The first-order valence-electron chi connectivity index (χ1n) is 5.08. The number of benzene rings is 1. The first kappa shape index (κ1) is 11.9. The lowest BCUT2D eigenvalue weighted by Gasteiger charge is -2.04. The van der Waals surface area contributed by atoms with E-state index >= 15 is 0 Å². The van der Waals surface area contributed by atoms with Gasteiger partial charge in [0.25, 0.3) is 0 Å². The lowest BCUT2D eigenvalue weighted by atomic mass is 10.1. The van der Waals surface area contributed by atoms with Gasteiger partial charge < -0.3 is 0 Å². The summed E-state index contributed by atoms with van der Waals surface area (Å²) >= 11 is 5.71. The van der Waals surface area contributed by atoms with Gasteiger partial charge in [-0.2, -0.15) is 10.1 Å². The molecule has 0 aliphatic carbocycles. The molecule has 0 saturated carbocycles. The molecule has 2 aromatic heterocycles. The van der Waals surface area contributed by atoms with Crippen LogP contribution >= 0.6 is 11.6 Å². The molecule has 1 aromatic carbocycles. The maximum absolute atomic E-state index is 13.2. The predicted octanol–water partition coefficient (Wildman–Crippen LogP) is 3.09. The van der Waals surface area contributed by atoms with Gasteiger partial charge in [-0.3, -0.25) is 5.10 Å². The van der Waals surface area contributed by atoms with E-state index in [1.54, 1.807) is 0 Å². The zero-order chi connectivity index (χ0) is 13.6. The van der Waals surface area contributed by atoms with Crippen LogP contribution in [0.4, 0.5) is 13.2 Å². The predicted molar refractivity (Wildman–Crippen MR) is 62.0 cm³/mol. The van der Waals surface area contributed by atoms with Gasteiger partial charge in [-0.25, -0.2) is 18.2 Å². The van der Waals surface area contributed by atoms with Crippen molar-refractivity contribution in [1.82, 2.24) is 20.2 Å². The van der Waals surface area contributed by atoms with Gasteiger partial charge in [0.2, 0.25) is 5.28 Å². The maximum Gasteiger partial charge on any atom is 0.224 e. The summed E-state index contributed by atoms with van der Waals surface area (Å²) in [5.74, 6) is -4.14. The van der Waals surface area contributed by atoms with E-state index in [2.05, 4.69) is 20.2 Å². The standard InChI is InChI=1S/C11H4ClF3N4/c12-11-17-9(5-3-16-19-10(5)18-11)4-1-6(13)8(15)7(14)2-4/h1-3H,(H,16,17,18,19). The number of hydrogen-bond donors (Lipinski definition) is 1. The summed E-state index contributed by atoms with van der Waals surface area (Å²) in [6.45, 7) is 0. The molecule has 0 spiro atoms. The minimum atomic E-state index is -1.53. The summed E-state index contributed by atoms with van der Waals surface area (Å²) in [4.78, 5) is 7.75. The van der Waals surface area contributed by atoms with Crippen LogP contribution in [0.5, 0.6) is 0 Å². The highest BCUT2D eigenvalue weighted by atomic mass is 35.5. The lowest BCUT2D eigenvalue weighted by Crippen LogP contribution is -1.95. The molecule has 3 rings (SSSR count). The second kappa shape index (κ2) is 4.20. The molecule has 0 amide bonds. The monoisotopic (exact) mass is 284 g/mol. The van der Waals surface area contributed by atoms with Crippen molar-refractivity contribution >= 4 is 22.6 Å². The van der Waals surface area contributed by atoms with Crippen LogP contribution in [0.3, 0.4) is 0 Å². The zero-order valence-corrected chi connectivity index (χ0v) is 9.84. The van der Waals surface area contributed by atoms with E-state index in [9.17, 15) is 13.2 Å². The Hall–Kier alpha value is -2.15. The van der Waals surface area contributed by atoms with Crippen LogP contribution in [0.25, 0.3) is 22.3 Å². The quantitative estimate of drug-likeness (QED) is 0.552. The van der Waals surface area contributed by atoms with Crippen molar-refractivity contribution in [1.29, 1.82) is 0 Å². The first-order valence-corrected chi connectivity index (χ1v) is 5.45. The fourth-order valence-electron chi connectivity index (χ4n) is 1.72. The van der Waals surface area contributed by atoms with E-state index < -0.39 is 17.5 Å². The van der Waals surface area contributed by atoms with Gasteiger partial charge in [-0.15, -0.1) is 0 Å². The van der Waals surface area contributed by atoms with E-state index in [-0.39, 0.29) is 16.5 Å². The van der Waals surface area contributed by atoms with E-state index in [1.165, 1.54) is 6.20 Å². The van der Waals surface area contributed by atoms with E-state index in [0.29, 0.717) is 11.0 Å². The van der Waals surface area contributed by atoms with Crippen molar-refractivity contribution in [2.24, 2.45) is 0 Å². The van der Waals surface area contributed by atoms with Crippen LogP contribution in [0.15, 0.2) is 18.3 Å². The molecule has 1 N–H and O–H groups in total. The molecular formula is C11H4ClF3N4. The Labute approximate surface area is 109 Å². The van der Waals surface area contributed by atoms with Crippen LogP contribution in [-0.4, -0.2) is 20.2 Å². The molecule has 0 fully saturated rings. The van der Waals surface area contributed by atoms with Crippen LogP contribution < -0.4 is 0 Å². The molecule has 96 valence electrons. The van der Waals surface area contributed by atoms with Crippen LogP contribution in [-0.2, 0) is 0 Å².